The first-order chi connectivity index (χ1) is 8.16. The summed E-state index contributed by atoms with van der Waals surface area (Å²) in [5.74, 6) is -0.201. The fraction of sp³-hybridized carbons (Fsp3) is 0.462. The van der Waals surface area contributed by atoms with Crippen molar-refractivity contribution < 1.29 is 13.9 Å². The van der Waals surface area contributed by atoms with Crippen LogP contribution in [0.15, 0.2) is 18.2 Å². The van der Waals surface area contributed by atoms with Crippen LogP contribution in [-0.4, -0.2) is 19.0 Å². The third-order valence-electron chi connectivity index (χ3n) is 3.05. The van der Waals surface area contributed by atoms with Gasteiger partial charge in [0.25, 0.3) is 0 Å². The van der Waals surface area contributed by atoms with Gasteiger partial charge in [-0.2, -0.15) is 0 Å². The van der Waals surface area contributed by atoms with E-state index in [1.54, 1.807) is 0 Å². The van der Waals surface area contributed by atoms with Gasteiger partial charge in [-0.3, -0.25) is 4.79 Å². The lowest BCUT2D eigenvalue weighted by Gasteiger charge is -2.20. The maximum absolute atomic E-state index is 13.0. The van der Waals surface area contributed by atoms with Gasteiger partial charge in [-0.25, -0.2) is 4.39 Å². The van der Waals surface area contributed by atoms with E-state index in [9.17, 15) is 9.18 Å². The number of ketones is 1. The van der Waals surface area contributed by atoms with E-state index < -0.39 is 0 Å². The van der Waals surface area contributed by atoms with Gasteiger partial charge in [0.2, 0.25) is 0 Å². The summed E-state index contributed by atoms with van der Waals surface area (Å²) in [6.07, 6.45) is 1.72. The van der Waals surface area contributed by atoms with Gasteiger partial charge in [0.15, 0.2) is 0 Å². The second-order valence-corrected chi connectivity index (χ2v) is 4.67. The maximum Gasteiger partial charge on any atom is 0.140 e. The molecular formula is C13H14ClFO2. The Morgan fingerprint density at radius 2 is 2.12 bits per heavy atom. The van der Waals surface area contributed by atoms with Gasteiger partial charge in [-0.15, -0.1) is 0 Å². The van der Waals surface area contributed by atoms with E-state index in [-0.39, 0.29) is 23.9 Å². The summed E-state index contributed by atoms with van der Waals surface area (Å²) in [4.78, 5) is 12.0. The molecule has 0 atom stereocenters. The van der Waals surface area contributed by atoms with E-state index in [2.05, 4.69) is 0 Å². The van der Waals surface area contributed by atoms with Crippen LogP contribution in [-0.2, 0) is 16.0 Å². The Kier molecular flexibility index (Phi) is 4.13. The molecule has 1 aromatic carbocycles. The number of benzene rings is 1. The van der Waals surface area contributed by atoms with Gasteiger partial charge in [0, 0.05) is 30.6 Å². The molecule has 17 heavy (non-hydrogen) atoms. The van der Waals surface area contributed by atoms with Crippen molar-refractivity contribution >= 4 is 17.4 Å². The van der Waals surface area contributed by atoms with Gasteiger partial charge in [-0.1, -0.05) is 11.6 Å². The third-order valence-corrected chi connectivity index (χ3v) is 3.42. The lowest BCUT2D eigenvalue weighted by Crippen LogP contribution is -2.24. The van der Waals surface area contributed by atoms with Crippen molar-refractivity contribution in [2.24, 2.45) is 5.92 Å². The lowest BCUT2D eigenvalue weighted by molar-refractivity contribution is -0.125. The van der Waals surface area contributed by atoms with Gasteiger partial charge in [0.05, 0.1) is 0 Å². The Bertz CT molecular complexity index is 414. The fourth-order valence-electron chi connectivity index (χ4n) is 2.03. The van der Waals surface area contributed by atoms with Crippen molar-refractivity contribution in [3.63, 3.8) is 0 Å². The number of hydrogen-bond donors (Lipinski definition) is 0. The SMILES string of the molecule is O=C(Cc1cc(F)ccc1Cl)C1CCOCC1. The highest BCUT2D eigenvalue weighted by atomic mass is 35.5. The standard InChI is InChI=1S/C13H14ClFO2/c14-12-2-1-11(15)7-10(12)8-13(16)9-3-5-17-6-4-9/h1-2,7,9H,3-6,8H2. The quantitative estimate of drug-likeness (QED) is 0.831. The van der Waals surface area contributed by atoms with Gasteiger partial charge in [-0.05, 0) is 36.6 Å². The molecule has 0 radical (unpaired) electrons. The Morgan fingerprint density at radius 3 is 2.82 bits per heavy atom. The molecule has 0 bridgehead atoms. The first-order valence-corrected chi connectivity index (χ1v) is 6.09. The van der Waals surface area contributed by atoms with Crippen LogP contribution in [0.2, 0.25) is 5.02 Å². The summed E-state index contributed by atoms with van der Waals surface area (Å²) >= 11 is 5.94. The zero-order chi connectivity index (χ0) is 12.3. The average molecular weight is 257 g/mol. The van der Waals surface area contributed by atoms with Crippen molar-refractivity contribution in [3.8, 4) is 0 Å². The predicted molar refractivity (Wildman–Crippen MR) is 63.7 cm³/mol. The fourth-order valence-corrected chi connectivity index (χ4v) is 2.21. The molecule has 2 rings (SSSR count). The Morgan fingerprint density at radius 1 is 1.41 bits per heavy atom. The number of halogens is 2. The molecule has 0 spiro atoms. The average Bonchev–Trinajstić information content (AvgIpc) is 2.35. The number of Topliss-reactive ketones (excluding diaryl/α,β-unsaturated/α-hetero) is 1. The molecule has 0 saturated carbocycles. The number of rotatable bonds is 3. The lowest BCUT2D eigenvalue weighted by atomic mass is 9.91. The van der Waals surface area contributed by atoms with Gasteiger partial charge in [0.1, 0.15) is 11.6 Å². The third kappa shape index (κ3) is 3.27. The van der Waals surface area contributed by atoms with Gasteiger partial charge < -0.3 is 4.74 Å². The molecular weight excluding hydrogens is 243 g/mol. The molecule has 92 valence electrons. The van der Waals surface area contributed by atoms with E-state index in [4.69, 9.17) is 16.3 Å². The first kappa shape index (κ1) is 12.5. The van der Waals surface area contributed by atoms with Crippen molar-refractivity contribution in [1.82, 2.24) is 0 Å². The Labute approximate surface area is 105 Å². The van der Waals surface area contributed by atoms with Crippen LogP contribution in [0.25, 0.3) is 0 Å². The monoisotopic (exact) mass is 256 g/mol. The van der Waals surface area contributed by atoms with E-state index >= 15 is 0 Å². The largest absolute Gasteiger partial charge is 0.381 e. The second-order valence-electron chi connectivity index (χ2n) is 4.27. The normalized spacial score (nSPS) is 17.1. The zero-order valence-electron chi connectivity index (χ0n) is 9.42. The summed E-state index contributed by atoms with van der Waals surface area (Å²) in [5, 5.41) is 0.451. The van der Waals surface area contributed by atoms with Crippen LogP contribution in [0.3, 0.4) is 0 Å². The smallest absolute Gasteiger partial charge is 0.140 e. The molecule has 1 aliphatic rings. The molecule has 1 fully saturated rings. The van der Waals surface area contributed by atoms with Crippen LogP contribution < -0.4 is 0 Å². The molecule has 4 heteroatoms. The van der Waals surface area contributed by atoms with Crippen molar-refractivity contribution in [2.75, 3.05) is 13.2 Å². The number of carbonyl (C=O) groups is 1. The van der Waals surface area contributed by atoms with Crippen LogP contribution in [0.4, 0.5) is 4.39 Å². The van der Waals surface area contributed by atoms with E-state index in [1.165, 1.54) is 18.2 Å². The number of hydrogen-bond acceptors (Lipinski definition) is 2. The van der Waals surface area contributed by atoms with Crippen molar-refractivity contribution in [2.45, 2.75) is 19.3 Å². The molecule has 1 heterocycles. The molecule has 0 N–H and O–H groups in total. The highest BCUT2D eigenvalue weighted by Crippen LogP contribution is 2.22. The summed E-state index contributed by atoms with van der Waals surface area (Å²) in [6, 6.07) is 4.12. The second kappa shape index (κ2) is 5.61. The van der Waals surface area contributed by atoms with Crippen LogP contribution in [0.1, 0.15) is 18.4 Å². The topological polar surface area (TPSA) is 26.3 Å². The van der Waals surface area contributed by atoms with Crippen LogP contribution >= 0.6 is 11.6 Å². The summed E-state index contributed by atoms with van der Waals surface area (Å²) in [7, 11) is 0. The minimum absolute atomic E-state index is 0.0306. The molecule has 0 aromatic heterocycles. The summed E-state index contributed by atoms with van der Waals surface area (Å²) in [6.45, 7) is 1.26. The molecule has 1 aromatic rings. The van der Waals surface area contributed by atoms with Crippen LogP contribution in [0.5, 0.6) is 0 Å². The number of carbonyl (C=O) groups excluding carboxylic acids is 1. The first-order valence-electron chi connectivity index (χ1n) is 5.71. The predicted octanol–water partition coefficient (Wildman–Crippen LogP) is 3.02. The highest BCUT2D eigenvalue weighted by Gasteiger charge is 2.22. The van der Waals surface area contributed by atoms with E-state index in [0.717, 1.165) is 12.8 Å². The molecule has 1 saturated heterocycles. The Hall–Kier alpha value is -0.930. The summed E-state index contributed by atoms with van der Waals surface area (Å²) in [5.41, 5.74) is 0.572. The minimum atomic E-state index is -0.357. The van der Waals surface area contributed by atoms with Crippen molar-refractivity contribution in [1.29, 1.82) is 0 Å². The van der Waals surface area contributed by atoms with Gasteiger partial charge >= 0.3 is 0 Å². The Balaban J connectivity index is 2.04. The minimum Gasteiger partial charge on any atom is -0.381 e. The van der Waals surface area contributed by atoms with Crippen LogP contribution in [0, 0.1) is 11.7 Å². The molecule has 0 amide bonds. The zero-order valence-corrected chi connectivity index (χ0v) is 10.2. The van der Waals surface area contributed by atoms with E-state index in [1.807, 2.05) is 0 Å². The van der Waals surface area contributed by atoms with E-state index in [0.29, 0.717) is 23.8 Å². The van der Waals surface area contributed by atoms with Crippen molar-refractivity contribution in [3.05, 3.63) is 34.6 Å². The molecule has 0 aliphatic carbocycles. The summed E-state index contributed by atoms with van der Waals surface area (Å²) < 4.78 is 18.3. The number of ether oxygens (including phenoxy) is 1. The molecule has 1 aliphatic heterocycles. The molecule has 0 unspecified atom stereocenters. The maximum atomic E-state index is 13.0. The molecule has 2 nitrogen and oxygen atoms in total. The highest BCUT2D eigenvalue weighted by molar-refractivity contribution is 6.31.